The lowest BCUT2D eigenvalue weighted by Crippen LogP contribution is -2.55. The quantitative estimate of drug-likeness (QED) is 0.694. The van der Waals surface area contributed by atoms with Gasteiger partial charge in [0.05, 0.1) is 6.20 Å². The van der Waals surface area contributed by atoms with E-state index in [-0.39, 0.29) is 19.1 Å². The average molecular weight is 397 g/mol. The summed E-state index contributed by atoms with van der Waals surface area (Å²) in [6.45, 7) is 2.43. The molecule has 3 heterocycles. The molecule has 1 aliphatic heterocycles. The molecule has 0 aliphatic carbocycles. The molecular weight excluding hydrogens is 377 g/mol. The molecule has 0 aromatic carbocycles. The second kappa shape index (κ2) is 6.89. The number of nitrogens with zero attached hydrogens (tertiary/aromatic N) is 5. The number of hydrogen-bond donors (Lipinski definition) is 0. The molecule has 2 aromatic heterocycles. The van der Waals surface area contributed by atoms with Crippen molar-refractivity contribution in [1.82, 2.24) is 18.4 Å². The molecule has 0 bridgehead atoms. The Hall–Kier alpha value is -2.53. The fraction of sp³-hybridized carbons (Fsp3) is 0.438. The molecule has 27 heavy (non-hydrogen) atoms. The lowest BCUT2D eigenvalue weighted by Gasteiger charge is -2.39. The van der Waals surface area contributed by atoms with Gasteiger partial charge in [-0.05, 0) is 19.1 Å². The summed E-state index contributed by atoms with van der Waals surface area (Å²) >= 11 is 0. The van der Waals surface area contributed by atoms with Gasteiger partial charge in [-0.1, -0.05) is 0 Å². The van der Waals surface area contributed by atoms with E-state index in [2.05, 4.69) is 4.98 Å². The van der Waals surface area contributed by atoms with Crippen LogP contribution in [-0.4, -0.2) is 52.5 Å². The molecule has 0 N–H and O–H groups in total. The van der Waals surface area contributed by atoms with Gasteiger partial charge in [0, 0.05) is 46.0 Å². The lowest BCUT2D eigenvalue weighted by atomic mass is 10.2. The van der Waals surface area contributed by atoms with Crippen LogP contribution in [0, 0.1) is 5.82 Å². The minimum absolute atomic E-state index is 0.132. The summed E-state index contributed by atoms with van der Waals surface area (Å²) in [7, 11) is -1.44. The van der Waals surface area contributed by atoms with E-state index in [0.29, 0.717) is 12.4 Å². The maximum Gasteiger partial charge on any atom is 0.330 e. The highest BCUT2D eigenvalue weighted by molar-refractivity contribution is 7.89. The number of anilines is 1. The molecule has 1 fully saturated rings. The number of sulfonamides is 1. The number of rotatable bonds is 3. The van der Waals surface area contributed by atoms with Gasteiger partial charge in [0.2, 0.25) is 10.0 Å². The number of pyridine rings is 1. The molecular formula is C16H20FN5O4S. The molecule has 11 heteroatoms. The summed E-state index contributed by atoms with van der Waals surface area (Å²) in [5.74, 6) is 0.108. The van der Waals surface area contributed by atoms with Gasteiger partial charge in [0.1, 0.15) is 11.6 Å². The molecule has 0 spiro atoms. The van der Waals surface area contributed by atoms with Crippen molar-refractivity contribution in [3.63, 3.8) is 0 Å². The van der Waals surface area contributed by atoms with Gasteiger partial charge in [0.15, 0.2) is 4.90 Å². The van der Waals surface area contributed by atoms with Crippen LogP contribution in [0.25, 0.3) is 0 Å². The number of aryl methyl sites for hydroxylation is 1. The van der Waals surface area contributed by atoms with E-state index in [1.54, 1.807) is 6.07 Å². The smallest absolute Gasteiger partial charge is 0.330 e. The number of aromatic nitrogens is 3. The minimum Gasteiger partial charge on any atom is -0.351 e. The van der Waals surface area contributed by atoms with E-state index in [1.165, 1.54) is 24.5 Å². The molecule has 3 rings (SSSR count). The molecule has 0 saturated carbocycles. The Balaban J connectivity index is 1.89. The fourth-order valence-corrected chi connectivity index (χ4v) is 4.77. The highest BCUT2D eigenvalue weighted by Gasteiger charge is 2.35. The minimum atomic E-state index is -4.07. The largest absolute Gasteiger partial charge is 0.351 e. The zero-order valence-electron chi connectivity index (χ0n) is 15.2. The molecule has 1 aliphatic rings. The van der Waals surface area contributed by atoms with Crippen LogP contribution in [0.1, 0.15) is 6.92 Å². The fourth-order valence-electron chi connectivity index (χ4n) is 3.11. The van der Waals surface area contributed by atoms with Crippen molar-refractivity contribution >= 4 is 15.8 Å². The van der Waals surface area contributed by atoms with Crippen LogP contribution in [0.2, 0.25) is 0 Å². The van der Waals surface area contributed by atoms with Gasteiger partial charge in [-0.25, -0.2) is 22.6 Å². The van der Waals surface area contributed by atoms with E-state index >= 15 is 0 Å². The summed E-state index contributed by atoms with van der Waals surface area (Å²) in [5, 5.41) is 0. The zero-order chi connectivity index (χ0) is 19.9. The van der Waals surface area contributed by atoms with Crippen LogP contribution >= 0.6 is 0 Å². The molecule has 2 aromatic rings. The number of halogens is 1. The van der Waals surface area contributed by atoms with Gasteiger partial charge in [-0.2, -0.15) is 4.31 Å². The number of piperazine rings is 1. The summed E-state index contributed by atoms with van der Waals surface area (Å²) in [4.78, 5) is 29.6. The highest BCUT2D eigenvalue weighted by atomic mass is 32.2. The van der Waals surface area contributed by atoms with Gasteiger partial charge in [0.25, 0.3) is 5.56 Å². The summed E-state index contributed by atoms with van der Waals surface area (Å²) in [6, 6.07) is 2.60. The van der Waals surface area contributed by atoms with E-state index in [9.17, 15) is 22.4 Å². The van der Waals surface area contributed by atoms with E-state index < -0.39 is 32.0 Å². The van der Waals surface area contributed by atoms with Crippen molar-refractivity contribution in [2.75, 3.05) is 24.5 Å². The molecule has 1 atom stereocenters. The predicted octanol–water partition coefficient (Wildman–Crippen LogP) is -0.482. The van der Waals surface area contributed by atoms with E-state index in [0.717, 1.165) is 21.5 Å². The van der Waals surface area contributed by atoms with Gasteiger partial charge >= 0.3 is 5.69 Å². The van der Waals surface area contributed by atoms with Crippen molar-refractivity contribution in [2.24, 2.45) is 14.1 Å². The van der Waals surface area contributed by atoms with Gasteiger partial charge < -0.3 is 9.47 Å². The predicted molar refractivity (Wildman–Crippen MR) is 96.7 cm³/mol. The zero-order valence-corrected chi connectivity index (χ0v) is 16.0. The van der Waals surface area contributed by atoms with Crippen LogP contribution in [0.5, 0.6) is 0 Å². The Kier molecular flexibility index (Phi) is 4.91. The first-order valence-electron chi connectivity index (χ1n) is 8.28. The van der Waals surface area contributed by atoms with Crippen LogP contribution in [-0.2, 0) is 24.1 Å². The SMILES string of the molecule is CC1CN(S(=O)(=O)c2cn(C)c(=O)n(C)c2=O)CCN1c1ccc(F)cn1. The molecule has 0 radical (unpaired) electrons. The summed E-state index contributed by atoms with van der Waals surface area (Å²) in [5.41, 5.74) is -1.45. The Labute approximate surface area is 155 Å². The first-order chi connectivity index (χ1) is 12.6. The molecule has 146 valence electrons. The van der Waals surface area contributed by atoms with Crippen molar-refractivity contribution in [3.05, 3.63) is 51.2 Å². The Morgan fingerprint density at radius 1 is 1.19 bits per heavy atom. The second-order valence-electron chi connectivity index (χ2n) is 6.49. The van der Waals surface area contributed by atoms with Crippen molar-refractivity contribution < 1.29 is 12.8 Å². The topological polar surface area (TPSA) is 97.5 Å². The van der Waals surface area contributed by atoms with Crippen LogP contribution in [0.15, 0.2) is 39.0 Å². The second-order valence-corrected chi connectivity index (χ2v) is 8.40. The average Bonchev–Trinajstić information content (AvgIpc) is 2.63. The molecule has 1 saturated heterocycles. The third-order valence-corrected chi connectivity index (χ3v) is 6.48. The first kappa shape index (κ1) is 19.2. The maximum atomic E-state index is 13.1. The van der Waals surface area contributed by atoms with Crippen LogP contribution in [0.4, 0.5) is 10.2 Å². The Morgan fingerprint density at radius 3 is 2.48 bits per heavy atom. The number of hydrogen-bond acceptors (Lipinski definition) is 6. The standard InChI is InChI=1S/C16H20FN5O4S/c1-11-9-21(6-7-22(11)14-5-4-12(17)8-18-14)27(25,26)13-10-19(2)16(24)20(3)15(13)23/h4-5,8,10-11H,6-7,9H2,1-3H3. The Bertz CT molecular complexity index is 1080. The molecule has 1 unspecified atom stereocenters. The third-order valence-electron chi connectivity index (χ3n) is 4.63. The van der Waals surface area contributed by atoms with Crippen LogP contribution < -0.4 is 16.1 Å². The van der Waals surface area contributed by atoms with Gasteiger partial charge in [-0.3, -0.25) is 9.36 Å². The van der Waals surface area contributed by atoms with E-state index in [1.807, 2.05) is 11.8 Å². The lowest BCUT2D eigenvalue weighted by molar-refractivity contribution is 0.340. The monoisotopic (exact) mass is 397 g/mol. The summed E-state index contributed by atoms with van der Waals surface area (Å²) in [6.07, 6.45) is 2.16. The van der Waals surface area contributed by atoms with Crippen molar-refractivity contribution in [2.45, 2.75) is 17.9 Å². The highest BCUT2D eigenvalue weighted by Crippen LogP contribution is 2.22. The Morgan fingerprint density at radius 2 is 1.89 bits per heavy atom. The summed E-state index contributed by atoms with van der Waals surface area (Å²) < 4.78 is 42.1. The first-order valence-corrected chi connectivity index (χ1v) is 9.72. The van der Waals surface area contributed by atoms with Crippen molar-refractivity contribution in [1.29, 1.82) is 0 Å². The van der Waals surface area contributed by atoms with E-state index in [4.69, 9.17) is 0 Å². The van der Waals surface area contributed by atoms with Gasteiger partial charge in [-0.15, -0.1) is 0 Å². The van der Waals surface area contributed by atoms with Crippen molar-refractivity contribution in [3.8, 4) is 0 Å². The maximum absolute atomic E-state index is 13.1. The third kappa shape index (κ3) is 3.39. The molecule has 0 amide bonds. The van der Waals surface area contributed by atoms with Crippen LogP contribution in [0.3, 0.4) is 0 Å². The molecule has 9 nitrogen and oxygen atoms in total. The normalized spacial score (nSPS) is 18.7.